The summed E-state index contributed by atoms with van der Waals surface area (Å²) in [5, 5.41) is 0. The van der Waals surface area contributed by atoms with Gasteiger partial charge in [0.25, 0.3) is 0 Å². The van der Waals surface area contributed by atoms with Crippen molar-refractivity contribution in [3.63, 3.8) is 0 Å². The van der Waals surface area contributed by atoms with E-state index in [0.717, 1.165) is 19.3 Å². The Balaban J connectivity index is 2.30. The summed E-state index contributed by atoms with van der Waals surface area (Å²) in [6.07, 6.45) is 8.18. The van der Waals surface area contributed by atoms with Crippen molar-refractivity contribution in [2.45, 2.75) is 78.7 Å². The van der Waals surface area contributed by atoms with Gasteiger partial charge in [0.1, 0.15) is 0 Å². The minimum absolute atomic E-state index is 0.126. The van der Waals surface area contributed by atoms with Gasteiger partial charge in [-0.3, -0.25) is 4.57 Å². The van der Waals surface area contributed by atoms with Crippen LogP contribution in [0.25, 0.3) is 0 Å². The fraction of sp³-hybridized carbons (Fsp3) is 1.00. The Labute approximate surface area is 125 Å². The van der Waals surface area contributed by atoms with Crippen molar-refractivity contribution in [3.8, 4) is 0 Å². The fourth-order valence-corrected chi connectivity index (χ4v) is 3.99. The maximum atomic E-state index is 12.0. The van der Waals surface area contributed by atoms with E-state index in [1.807, 2.05) is 0 Å². The van der Waals surface area contributed by atoms with Gasteiger partial charge >= 0.3 is 8.25 Å². The van der Waals surface area contributed by atoms with Crippen LogP contribution >= 0.6 is 8.25 Å². The molecule has 1 rings (SSSR count). The van der Waals surface area contributed by atoms with E-state index in [0.29, 0.717) is 24.4 Å². The normalized spacial score (nSPS) is 28.8. The number of rotatable bonds is 9. The lowest BCUT2D eigenvalue weighted by Crippen LogP contribution is -2.32. The molecule has 120 valence electrons. The van der Waals surface area contributed by atoms with Gasteiger partial charge in [-0.2, -0.15) is 0 Å². The Morgan fingerprint density at radius 3 is 2.60 bits per heavy atom. The van der Waals surface area contributed by atoms with Crippen LogP contribution in [0.5, 0.6) is 0 Å². The third kappa shape index (κ3) is 6.74. The van der Waals surface area contributed by atoms with Gasteiger partial charge in [-0.05, 0) is 37.0 Å². The molecule has 0 aromatic heterocycles. The zero-order valence-corrected chi connectivity index (χ0v) is 14.7. The van der Waals surface area contributed by atoms with Crippen molar-refractivity contribution >= 4 is 8.25 Å². The smallest absolute Gasteiger partial charge is 0.311 e. The van der Waals surface area contributed by atoms with E-state index in [4.69, 9.17) is 9.05 Å². The maximum absolute atomic E-state index is 12.0. The van der Waals surface area contributed by atoms with Crippen LogP contribution in [0.2, 0.25) is 0 Å². The molecule has 3 unspecified atom stereocenters. The van der Waals surface area contributed by atoms with Gasteiger partial charge in [0.15, 0.2) is 0 Å². The molecule has 20 heavy (non-hydrogen) atoms. The van der Waals surface area contributed by atoms with Crippen molar-refractivity contribution in [1.82, 2.24) is 0 Å². The SMILES string of the molecule is CCCCCCO[PH](=O)OC1C[C@H](C)CCC1C(C)C. The van der Waals surface area contributed by atoms with E-state index in [-0.39, 0.29) is 6.10 Å². The predicted octanol–water partition coefficient (Wildman–Crippen LogP) is 5.45. The van der Waals surface area contributed by atoms with Crippen LogP contribution < -0.4 is 0 Å². The number of hydrogen-bond acceptors (Lipinski definition) is 3. The molecule has 4 heteroatoms. The van der Waals surface area contributed by atoms with Crippen LogP contribution in [0.15, 0.2) is 0 Å². The molecule has 4 atom stereocenters. The molecule has 0 heterocycles. The zero-order chi connectivity index (χ0) is 15.0. The van der Waals surface area contributed by atoms with E-state index < -0.39 is 8.25 Å². The first kappa shape index (κ1) is 18.2. The average molecular weight is 304 g/mol. The first-order valence-corrected chi connectivity index (χ1v) is 9.60. The summed E-state index contributed by atoms with van der Waals surface area (Å²) in [7, 11) is -2.31. The van der Waals surface area contributed by atoms with E-state index in [1.54, 1.807) is 0 Å². The molecular weight excluding hydrogens is 271 g/mol. The molecule has 0 spiro atoms. The van der Waals surface area contributed by atoms with Gasteiger partial charge in [0, 0.05) is 0 Å². The second kappa shape index (κ2) is 9.97. The monoisotopic (exact) mass is 304 g/mol. The van der Waals surface area contributed by atoms with Crippen LogP contribution in [-0.2, 0) is 13.6 Å². The van der Waals surface area contributed by atoms with Crippen molar-refractivity contribution in [2.24, 2.45) is 17.8 Å². The molecule has 0 aromatic rings. The predicted molar refractivity (Wildman–Crippen MR) is 85.3 cm³/mol. The second-order valence-electron chi connectivity index (χ2n) is 6.64. The molecule has 0 saturated heterocycles. The van der Waals surface area contributed by atoms with Gasteiger partial charge in [0.05, 0.1) is 12.7 Å². The molecule has 0 bridgehead atoms. The fourth-order valence-electron chi connectivity index (χ4n) is 3.09. The standard InChI is InChI=1S/C16H33O3P/c1-5-6-7-8-11-18-20(17)19-16-12-14(4)9-10-15(16)13(2)3/h13-16,20H,5-12H2,1-4H3/t14-,15?,16?/m1/s1. The molecule has 0 amide bonds. The Hall–Kier alpha value is 0.150. The highest BCUT2D eigenvalue weighted by Crippen LogP contribution is 2.40. The summed E-state index contributed by atoms with van der Waals surface area (Å²) in [6.45, 7) is 9.49. The zero-order valence-electron chi connectivity index (χ0n) is 13.7. The molecule has 1 aliphatic carbocycles. The summed E-state index contributed by atoms with van der Waals surface area (Å²) >= 11 is 0. The quantitative estimate of drug-likeness (QED) is 0.419. The highest BCUT2D eigenvalue weighted by Gasteiger charge is 2.32. The summed E-state index contributed by atoms with van der Waals surface area (Å²) in [6, 6.07) is 0. The van der Waals surface area contributed by atoms with Gasteiger partial charge in [-0.1, -0.05) is 53.4 Å². The largest absolute Gasteiger partial charge is 0.319 e. The minimum atomic E-state index is -2.31. The third-order valence-electron chi connectivity index (χ3n) is 4.43. The summed E-state index contributed by atoms with van der Waals surface area (Å²) < 4.78 is 23.1. The number of hydrogen-bond donors (Lipinski definition) is 0. The van der Waals surface area contributed by atoms with Crippen molar-refractivity contribution in [2.75, 3.05) is 6.61 Å². The van der Waals surface area contributed by atoms with Crippen LogP contribution in [0.4, 0.5) is 0 Å². The lowest BCUT2D eigenvalue weighted by Gasteiger charge is -2.36. The van der Waals surface area contributed by atoms with Crippen molar-refractivity contribution in [3.05, 3.63) is 0 Å². The van der Waals surface area contributed by atoms with Gasteiger partial charge in [0.2, 0.25) is 0 Å². The number of unbranched alkanes of at least 4 members (excludes halogenated alkanes) is 3. The average Bonchev–Trinajstić information content (AvgIpc) is 2.38. The molecule has 3 nitrogen and oxygen atoms in total. The van der Waals surface area contributed by atoms with Crippen molar-refractivity contribution in [1.29, 1.82) is 0 Å². The third-order valence-corrected chi connectivity index (χ3v) is 5.36. The first-order chi connectivity index (χ1) is 9.54. The van der Waals surface area contributed by atoms with Gasteiger partial charge in [-0.15, -0.1) is 0 Å². The molecular formula is C16H33O3P. The van der Waals surface area contributed by atoms with Gasteiger partial charge < -0.3 is 9.05 Å². The molecule has 1 saturated carbocycles. The molecule has 0 aromatic carbocycles. The molecule has 0 N–H and O–H groups in total. The first-order valence-electron chi connectivity index (χ1n) is 8.38. The van der Waals surface area contributed by atoms with E-state index in [9.17, 15) is 4.57 Å². The minimum Gasteiger partial charge on any atom is -0.311 e. The lowest BCUT2D eigenvalue weighted by atomic mass is 9.75. The van der Waals surface area contributed by atoms with Crippen LogP contribution in [0.3, 0.4) is 0 Å². The topological polar surface area (TPSA) is 35.5 Å². The highest BCUT2D eigenvalue weighted by molar-refractivity contribution is 7.33. The van der Waals surface area contributed by atoms with E-state index in [2.05, 4.69) is 27.7 Å². The Kier molecular flexibility index (Phi) is 9.08. The second-order valence-corrected chi connectivity index (χ2v) is 7.67. The summed E-state index contributed by atoms with van der Waals surface area (Å²) in [5.41, 5.74) is 0. The Bertz CT molecular complexity index is 281. The molecule has 1 aliphatic rings. The molecule has 0 radical (unpaired) electrons. The lowest BCUT2D eigenvalue weighted by molar-refractivity contribution is 0.0382. The molecule has 0 aliphatic heterocycles. The molecule has 1 fully saturated rings. The van der Waals surface area contributed by atoms with Crippen LogP contribution in [-0.4, -0.2) is 12.7 Å². The summed E-state index contributed by atoms with van der Waals surface area (Å²) in [5.74, 6) is 1.80. The summed E-state index contributed by atoms with van der Waals surface area (Å²) in [4.78, 5) is 0. The highest BCUT2D eigenvalue weighted by atomic mass is 31.1. The Morgan fingerprint density at radius 1 is 1.20 bits per heavy atom. The van der Waals surface area contributed by atoms with Crippen molar-refractivity contribution < 1.29 is 13.6 Å². The Morgan fingerprint density at radius 2 is 1.95 bits per heavy atom. The maximum Gasteiger partial charge on any atom is 0.319 e. The van der Waals surface area contributed by atoms with Crippen LogP contribution in [0, 0.1) is 17.8 Å². The van der Waals surface area contributed by atoms with Crippen LogP contribution in [0.1, 0.15) is 72.6 Å². The van der Waals surface area contributed by atoms with E-state index >= 15 is 0 Å². The van der Waals surface area contributed by atoms with Gasteiger partial charge in [-0.25, -0.2) is 0 Å². The van der Waals surface area contributed by atoms with E-state index in [1.165, 1.54) is 25.7 Å².